The highest BCUT2D eigenvalue weighted by Gasteiger charge is 2.54. The summed E-state index contributed by atoms with van der Waals surface area (Å²) in [5.74, 6) is 6.68. The number of fused-ring (bicyclic) bond motifs is 5. The molecule has 4 rings (SSSR count). The van der Waals surface area contributed by atoms with Crippen molar-refractivity contribution < 1.29 is 4.79 Å². The molecule has 4 aliphatic rings. The minimum atomic E-state index is 0.0794. The molecule has 3 fully saturated rings. The van der Waals surface area contributed by atoms with Gasteiger partial charge in [0, 0.05) is 11.8 Å². The fourth-order valence-electron chi connectivity index (χ4n) is 8.77. The number of unbranched alkanes of at least 4 members (excludes halogenated alkanes) is 1. The molecule has 33 heavy (non-hydrogen) atoms. The van der Waals surface area contributed by atoms with Crippen molar-refractivity contribution in [1.82, 2.24) is 0 Å². The minimum Gasteiger partial charge on any atom is -0.299 e. The molecule has 8 atom stereocenters. The molecule has 0 aromatic carbocycles. The Labute approximate surface area is 206 Å². The Kier molecular flexibility index (Phi) is 7.58. The van der Waals surface area contributed by atoms with E-state index in [4.69, 9.17) is 0 Å². The zero-order valence-electron chi connectivity index (χ0n) is 23.1. The van der Waals surface area contributed by atoms with E-state index in [0.29, 0.717) is 11.2 Å². The highest BCUT2D eigenvalue weighted by Crippen LogP contribution is 2.63. The van der Waals surface area contributed by atoms with Crippen LogP contribution in [0.15, 0.2) is 11.6 Å². The lowest BCUT2D eigenvalue weighted by molar-refractivity contribution is -0.130. The molecule has 0 N–H and O–H groups in total. The Morgan fingerprint density at radius 1 is 1.00 bits per heavy atom. The van der Waals surface area contributed by atoms with Gasteiger partial charge in [-0.25, -0.2) is 0 Å². The van der Waals surface area contributed by atoms with Crippen molar-refractivity contribution in [1.29, 1.82) is 0 Å². The van der Waals surface area contributed by atoms with Crippen LogP contribution in [0.1, 0.15) is 126 Å². The first-order chi connectivity index (χ1) is 15.5. The summed E-state index contributed by atoms with van der Waals surface area (Å²) >= 11 is 0. The Balaban J connectivity index is 1.40. The number of carbonyl (C=O) groups is 1. The highest BCUT2D eigenvalue weighted by molar-refractivity contribution is 5.84. The summed E-state index contributed by atoms with van der Waals surface area (Å²) in [5.41, 5.74) is 2.14. The summed E-state index contributed by atoms with van der Waals surface area (Å²) in [6, 6.07) is 0. The molecular formula is C32H54O. The zero-order valence-corrected chi connectivity index (χ0v) is 23.1. The fraction of sp³-hybridized carbons (Fsp3) is 0.906. The van der Waals surface area contributed by atoms with Crippen LogP contribution in [0.5, 0.6) is 0 Å². The maximum Gasteiger partial charge on any atom is 0.139 e. The van der Waals surface area contributed by atoms with Gasteiger partial charge in [0.25, 0.3) is 0 Å². The minimum absolute atomic E-state index is 0.0794. The van der Waals surface area contributed by atoms with E-state index in [0.717, 1.165) is 48.3 Å². The van der Waals surface area contributed by atoms with E-state index in [9.17, 15) is 4.79 Å². The van der Waals surface area contributed by atoms with Crippen LogP contribution < -0.4 is 0 Å². The van der Waals surface area contributed by atoms with Gasteiger partial charge in [-0.2, -0.15) is 0 Å². The number of Topliss-reactive ketones (excluding diaryl/α,β-unsaturated/α-hetero) is 1. The summed E-state index contributed by atoms with van der Waals surface area (Å²) < 4.78 is 0. The molecule has 0 bridgehead atoms. The van der Waals surface area contributed by atoms with Gasteiger partial charge >= 0.3 is 0 Å². The van der Waals surface area contributed by atoms with Crippen molar-refractivity contribution in [2.24, 2.45) is 58.2 Å². The van der Waals surface area contributed by atoms with Crippen molar-refractivity contribution in [2.75, 3.05) is 0 Å². The average Bonchev–Trinajstić information content (AvgIpc) is 3.17. The Morgan fingerprint density at radius 2 is 1.73 bits per heavy atom. The number of carbonyl (C=O) groups excluding carboxylic acids is 1. The van der Waals surface area contributed by atoms with Crippen LogP contribution in [0, 0.1) is 58.2 Å². The normalized spacial score (nSPS) is 39.5. The summed E-state index contributed by atoms with van der Waals surface area (Å²) in [6.45, 7) is 16.2. The summed E-state index contributed by atoms with van der Waals surface area (Å²) in [6.07, 6.45) is 19.2. The maximum absolute atomic E-state index is 13.3. The van der Waals surface area contributed by atoms with Crippen molar-refractivity contribution in [3.63, 3.8) is 0 Å². The molecule has 1 heteroatoms. The van der Waals surface area contributed by atoms with E-state index in [1.54, 1.807) is 5.57 Å². The topological polar surface area (TPSA) is 17.1 Å². The Hall–Kier alpha value is -0.590. The van der Waals surface area contributed by atoms with E-state index in [2.05, 4.69) is 54.5 Å². The first-order valence-electron chi connectivity index (χ1n) is 14.8. The molecule has 0 aromatic rings. The average molecular weight is 455 g/mol. The van der Waals surface area contributed by atoms with Crippen LogP contribution in [0.2, 0.25) is 0 Å². The molecule has 4 aliphatic carbocycles. The molecule has 0 radical (unpaired) electrons. The summed E-state index contributed by atoms with van der Waals surface area (Å²) in [5, 5.41) is 0. The van der Waals surface area contributed by atoms with Gasteiger partial charge < -0.3 is 0 Å². The number of rotatable bonds is 7. The molecule has 0 saturated heterocycles. The molecule has 0 amide bonds. The molecule has 0 spiro atoms. The van der Waals surface area contributed by atoms with Gasteiger partial charge in [-0.05, 0) is 97.7 Å². The van der Waals surface area contributed by atoms with E-state index >= 15 is 0 Å². The smallest absolute Gasteiger partial charge is 0.139 e. The van der Waals surface area contributed by atoms with Crippen LogP contribution in [0.25, 0.3) is 0 Å². The molecular weight excluding hydrogens is 400 g/mol. The van der Waals surface area contributed by atoms with Crippen LogP contribution >= 0.6 is 0 Å². The standard InChI is InChI=1S/C32H54O/c1-21(2)10-8-9-11-23-12-14-27-26(23)16-17-29-28(27)15-13-25-20-24(18-19-32(25,29)7)30(33)22(3)31(4,5)6/h13,21-24,26-29H,8-12,14-20H2,1-7H3. The third-order valence-corrected chi connectivity index (χ3v) is 11.3. The third kappa shape index (κ3) is 5.04. The van der Waals surface area contributed by atoms with E-state index in [1.807, 2.05) is 0 Å². The van der Waals surface area contributed by atoms with Gasteiger partial charge in [0.1, 0.15) is 5.78 Å². The van der Waals surface area contributed by atoms with Crippen LogP contribution in [-0.2, 0) is 4.79 Å². The van der Waals surface area contributed by atoms with Gasteiger partial charge in [-0.3, -0.25) is 4.79 Å². The van der Waals surface area contributed by atoms with Gasteiger partial charge in [0.2, 0.25) is 0 Å². The second kappa shape index (κ2) is 9.81. The molecule has 0 aliphatic heterocycles. The first-order valence-corrected chi connectivity index (χ1v) is 14.8. The van der Waals surface area contributed by atoms with Crippen molar-refractivity contribution in [3.05, 3.63) is 11.6 Å². The lowest BCUT2D eigenvalue weighted by atomic mass is 9.49. The lowest BCUT2D eigenvalue weighted by Crippen LogP contribution is -2.48. The fourth-order valence-corrected chi connectivity index (χ4v) is 8.77. The molecule has 0 aromatic heterocycles. The summed E-state index contributed by atoms with van der Waals surface area (Å²) in [7, 11) is 0. The monoisotopic (exact) mass is 454 g/mol. The Morgan fingerprint density at radius 3 is 2.42 bits per heavy atom. The van der Waals surface area contributed by atoms with Crippen molar-refractivity contribution in [2.45, 2.75) is 126 Å². The van der Waals surface area contributed by atoms with Gasteiger partial charge in [-0.15, -0.1) is 0 Å². The lowest BCUT2D eigenvalue weighted by Gasteiger charge is -2.55. The van der Waals surface area contributed by atoms with Crippen LogP contribution in [0.4, 0.5) is 0 Å². The van der Waals surface area contributed by atoms with E-state index in [1.165, 1.54) is 64.2 Å². The molecule has 1 nitrogen and oxygen atoms in total. The van der Waals surface area contributed by atoms with E-state index in [-0.39, 0.29) is 17.3 Å². The number of ketones is 1. The van der Waals surface area contributed by atoms with Gasteiger partial charge in [-0.1, -0.05) is 85.8 Å². The quantitative estimate of drug-likeness (QED) is 0.277. The number of hydrogen-bond donors (Lipinski definition) is 0. The maximum atomic E-state index is 13.3. The molecule has 0 heterocycles. The second-order valence-corrected chi connectivity index (χ2v) is 14.5. The second-order valence-electron chi connectivity index (χ2n) is 14.5. The van der Waals surface area contributed by atoms with Crippen LogP contribution in [0.3, 0.4) is 0 Å². The first kappa shape index (κ1) is 25.5. The number of hydrogen-bond acceptors (Lipinski definition) is 1. The van der Waals surface area contributed by atoms with E-state index < -0.39 is 0 Å². The summed E-state index contributed by atoms with van der Waals surface area (Å²) in [4.78, 5) is 13.3. The molecule has 188 valence electrons. The number of allylic oxidation sites excluding steroid dienone is 2. The largest absolute Gasteiger partial charge is 0.299 e. The van der Waals surface area contributed by atoms with Gasteiger partial charge in [0.05, 0.1) is 0 Å². The Bertz CT molecular complexity index is 723. The zero-order chi connectivity index (χ0) is 24.0. The van der Waals surface area contributed by atoms with Crippen LogP contribution in [-0.4, -0.2) is 5.78 Å². The molecule has 3 saturated carbocycles. The SMILES string of the molecule is CC(C)CCCCC1CCC2C1CCC1C2CC=C2CC(C(=O)C(C)C(C)(C)C)CCC21C. The van der Waals surface area contributed by atoms with Crippen molar-refractivity contribution >= 4 is 5.78 Å². The van der Waals surface area contributed by atoms with Crippen molar-refractivity contribution in [3.8, 4) is 0 Å². The highest BCUT2D eigenvalue weighted by atomic mass is 16.1. The van der Waals surface area contributed by atoms with Gasteiger partial charge in [0.15, 0.2) is 0 Å². The predicted molar refractivity (Wildman–Crippen MR) is 141 cm³/mol. The predicted octanol–water partition coefficient (Wildman–Crippen LogP) is 9.26. The molecule has 8 unspecified atom stereocenters. The third-order valence-electron chi connectivity index (χ3n) is 11.3.